The van der Waals surface area contributed by atoms with Gasteiger partial charge in [-0.05, 0) is 26.9 Å². The van der Waals surface area contributed by atoms with E-state index in [-0.39, 0.29) is 5.79 Å². The number of ether oxygens (including phenoxy) is 2. The largest absolute Gasteiger partial charge is 0.348 e. The molecule has 0 aromatic heterocycles. The summed E-state index contributed by atoms with van der Waals surface area (Å²) in [7, 11) is 4.08. The van der Waals surface area contributed by atoms with Crippen LogP contribution in [0.5, 0.6) is 0 Å². The lowest BCUT2D eigenvalue weighted by atomic mass is 9.79. The van der Waals surface area contributed by atoms with Crippen LogP contribution in [0, 0.1) is 11.3 Å². The Morgan fingerprint density at radius 2 is 1.78 bits per heavy atom. The van der Waals surface area contributed by atoms with Crippen molar-refractivity contribution in [3.63, 3.8) is 0 Å². The Labute approximate surface area is 109 Å². The summed E-state index contributed by atoms with van der Waals surface area (Å²) in [6.07, 6.45) is 3.24. The molecule has 1 saturated carbocycles. The van der Waals surface area contributed by atoms with Gasteiger partial charge in [-0.15, -0.1) is 0 Å². The molecule has 2 rings (SSSR count). The van der Waals surface area contributed by atoms with Crippen LogP contribution in [0.15, 0.2) is 0 Å². The molecule has 2 fully saturated rings. The van der Waals surface area contributed by atoms with E-state index in [1.54, 1.807) is 0 Å². The first-order valence-corrected chi connectivity index (χ1v) is 6.69. The van der Waals surface area contributed by atoms with Gasteiger partial charge in [-0.1, -0.05) is 0 Å². The minimum absolute atomic E-state index is 0.385. The molecule has 18 heavy (non-hydrogen) atoms. The van der Waals surface area contributed by atoms with Gasteiger partial charge in [0.1, 0.15) is 5.54 Å². The fourth-order valence-corrected chi connectivity index (χ4v) is 2.69. The molecule has 1 spiro atoms. The topological polar surface area (TPSA) is 57.5 Å². The summed E-state index contributed by atoms with van der Waals surface area (Å²) >= 11 is 0. The third-order valence-corrected chi connectivity index (χ3v) is 3.92. The fraction of sp³-hybridized carbons (Fsp3) is 0.923. The fourth-order valence-electron chi connectivity index (χ4n) is 2.69. The van der Waals surface area contributed by atoms with Crippen molar-refractivity contribution < 1.29 is 9.47 Å². The molecular formula is C13H23N3O2. The number of hydrogen-bond acceptors (Lipinski definition) is 5. The van der Waals surface area contributed by atoms with Crippen LogP contribution in [0.3, 0.4) is 0 Å². The van der Waals surface area contributed by atoms with Crippen molar-refractivity contribution in [1.82, 2.24) is 10.2 Å². The summed E-state index contributed by atoms with van der Waals surface area (Å²) in [5.41, 5.74) is -0.392. The van der Waals surface area contributed by atoms with E-state index < -0.39 is 5.54 Å². The highest BCUT2D eigenvalue weighted by Gasteiger charge is 2.46. The van der Waals surface area contributed by atoms with Crippen LogP contribution in [-0.4, -0.2) is 56.6 Å². The summed E-state index contributed by atoms with van der Waals surface area (Å²) in [4.78, 5) is 2.12. The third kappa shape index (κ3) is 3.01. The maximum atomic E-state index is 9.43. The molecule has 0 bridgehead atoms. The van der Waals surface area contributed by atoms with E-state index in [0.717, 1.165) is 38.8 Å². The van der Waals surface area contributed by atoms with Gasteiger partial charge in [0.15, 0.2) is 5.79 Å². The molecule has 0 radical (unpaired) electrons. The van der Waals surface area contributed by atoms with E-state index in [4.69, 9.17) is 9.47 Å². The molecule has 1 aliphatic carbocycles. The highest BCUT2D eigenvalue weighted by molar-refractivity contribution is 5.11. The monoisotopic (exact) mass is 253 g/mol. The van der Waals surface area contributed by atoms with Crippen molar-refractivity contribution in [1.29, 1.82) is 5.26 Å². The Morgan fingerprint density at radius 3 is 2.28 bits per heavy atom. The zero-order valence-corrected chi connectivity index (χ0v) is 11.4. The number of rotatable bonds is 4. The van der Waals surface area contributed by atoms with Gasteiger partial charge in [0.05, 0.1) is 19.3 Å². The average molecular weight is 253 g/mol. The maximum Gasteiger partial charge on any atom is 0.168 e. The van der Waals surface area contributed by atoms with Crippen LogP contribution >= 0.6 is 0 Å². The number of hydrogen-bond donors (Lipinski definition) is 1. The molecule has 1 aliphatic heterocycles. The lowest BCUT2D eigenvalue weighted by Gasteiger charge is -2.40. The average Bonchev–Trinajstić information content (AvgIpc) is 2.81. The van der Waals surface area contributed by atoms with E-state index in [1.165, 1.54) is 0 Å². The third-order valence-electron chi connectivity index (χ3n) is 3.92. The minimum Gasteiger partial charge on any atom is -0.348 e. The van der Waals surface area contributed by atoms with Gasteiger partial charge in [-0.2, -0.15) is 5.26 Å². The second-order valence-corrected chi connectivity index (χ2v) is 5.53. The minimum atomic E-state index is -0.392. The summed E-state index contributed by atoms with van der Waals surface area (Å²) in [6.45, 7) is 3.16. The zero-order valence-electron chi connectivity index (χ0n) is 11.4. The van der Waals surface area contributed by atoms with Gasteiger partial charge >= 0.3 is 0 Å². The highest BCUT2D eigenvalue weighted by Crippen LogP contribution is 2.39. The van der Waals surface area contributed by atoms with Crippen molar-refractivity contribution >= 4 is 0 Å². The normalized spacial score (nSPS) is 25.4. The van der Waals surface area contributed by atoms with Crippen LogP contribution in [0.25, 0.3) is 0 Å². The van der Waals surface area contributed by atoms with Gasteiger partial charge in [0.2, 0.25) is 0 Å². The van der Waals surface area contributed by atoms with Crippen molar-refractivity contribution in [2.24, 2.45) is 0 Å². The SMILES string of the molecule is CN(C)CCNC1(C#N)CCC2(CC1)OCCO2. The highest BCUT2D eigenvalue weighted by atomic mass is 16.7. The Balaban J connectivity index is 1.85. The van der Waals surface area contributed by atoms with Crippen LogP contribution in [0.1, 0.15) is 25.7 Å². The molecule has 0 atom stereocenters. The Bertz CT molecular complexity index is 309. The Morgan fingerprint density at radius 1 is 1.17 bits per heavy atom. The summed E-state index contributed by atoms with van der Waals surface area (Å²) in [5.74, 6) is -0.385. The smallest absolute Gasteiger partial charge is 0.168 e. The van der Waals surface area contributed by atoms with Crippen LogP contribution in [0.2, 0.25) is 0 Å². The van der Waals surface area contributed by atoms with Crippen LogP contribution in [0.4, 0.5) is 0 Å². The van der Waals surface area contributed by atoms with Crippen molar-refractivity contribution in [3.8, 4) is 6.07 Å². The summed E-state index contributed by atoms with van der Waals surface area (Å²) < 4.78 is 11.4. The number of likely N-dealkylation sites (N-methyl/N-ethyl adjacent to an activating group) is 1. The van der Waals surface area contributed by atoms with Gasteiger partial charge in [-0.25, -0.2) is 0 Å². The van der Waals surface area contributed by atoms with Crippen molar-refractivity contribution in [2.45, 2.75) is 37.0 Å². The van der Waals surface area contributed by atoms with E-state index in [0.29, 0.717) is 13.2 Å². The summed E-state index contributed by atoms with van der Waals surface area (Å²) in [5, 5.41) is 12.8. The number of nitrogens with zero attached hydrogens (tertiary/aromatic N) is 2. The second kappa shape index (κ2) is 5.54. The van der Waals surface area contributed by atoms with Crippen molar-refractivity contribution in [3.05, 3.63) is 0 Å². The summed E-state index contributed by atoms with van der Waals surface area (Å²) in [6, 6.07) is 2.46. The zero-order chi connectivity index (χ0) is 13.1. The first-order valence-electron chi connectivity index (χ1n) is 6.69. The molecule has 0 aromatic rings. The molecule has 0 amide bonds. The maximum absolute atomic E-state index is 9.43. The predicted molar refractivity (Wildman–Crippen MR) is 68.0 cm³/mol. The van der Waals surface area contributed by atoms with E-state index in [9.17, 15) is 5.26 Å². The second-order valence-electron chi connectivity index (χ2n) is 5.53. The molecule has 102 valence electrons. The van der Waals surface area contributed by atoms with E-state index >= 15 is 0 Å². The lowest BCUT2D eigenvalue weighted by Crippen LogP contribution is -2.52. The first-order chi connectivity index (χ1) is 8.60. The molecule has 5 heteroatoms. The molecule has 5 nitrogen and oxygen atoms in total. The molecular weight excluding hydrogens is 230 g/mol. The van der Waals surface area contributed by atoms with Crippen molar-refractivity contribution in [2.75, 3.05) is 40.4 Å². The molecule has 0 aromatic carbocycles. The number of nitriles is 1. The predicted octanol–water partition coefficient (Wildman–Crippen LogP) is 0.717. The number of nitrogens with one attached hydrogen (secondary N) is 1. The van der Waals surface area contributed by atoms with Crippen LogP contribution < -0.4 is 5.32 Å². The van der Waals surface area contributed by atoms with Gasteiger partial charge < -0.3 is 14.4 Å². The lowest BCUT2D eigenvalue weighted by molar-refractivity contribution is -0.183. The van der Waals surface area contributed by atoms with Gasteiger partial charge in [-0.3, -0.25) is 5.32 Å². The molecule has 2 aliphatic rings. The van der Waals surface area contributed by atoms with E-state index in [2.05, 4.69) is 16.3 Å². The Kier molecular flexibility index (Phi) is 4.23. The van der Waals surface area contributed by atoms with Crippen LogP contribution in [-0.2, 0) is 9.47 Å². The molecule has 0 unspecified atom stereocenters. The molecule has 1 saturated heterocycles. The van der Waals surface area contributed by atoms with E-state index in [1.807, 2.05) is 14.1 Å². The van der Waals surface area contributed by atoms with Gasteiger partial charge in [0.25, 0.3) is 0 Å². The molecule has 1 heterocycles. The van der Waals surface area contributed by atoms with Gasteiger partial charge in [0, 0.05) is 25.9 Å². The standard InChI is InChI=1S/C13H23N3O2/c1-16(2)8-7-15-12(11-14)3-5-13(6-4-12)17-9-10-18-13/h15H,3-10H2,1-2H3. The Hall–Kier alpha value is -0.670. The quantitative estimate of drug-likeness (QED) is 0.800. The molecule has 1 N–H and O–H groups in total. The first kappa shape index (κ1) is 13.8.